The number of rotatable bonds is 1. The molecule has 0 unspecified atom stereocenters. The normalized spacial score (nSPS) is 10.8. The number of benzene rings is 2. The summed E-state index contributed by atoms with van der Waals surface area (Å²) >= 11 is 7.97. The lowest BCUT2D eigenvalue weighted by molar-refractivity contribution is 1.70. The van der Waals surface area contributed by atoms with Crippen molar-refractivity contribution in [3.63, 3.8) is 0 Å². The van der Waals surface area contributed by atoms with Gasteiger partial charge in [-0.3, -0.25) is 0 Å². The third-order valence-corrected chi connectivity index (χ3v) is 4.04. The zero-order chi connectivity index (χ0) is 11.0. The van der Waals surface area contributed by atoms with Crippen LogP contribution in [-0.2, 0) is 0 Å². The van der Waals surface area contributed by atoms with Gasteiger partial charge in [-0.05, 0) is 23.6 Å². The Bertz CT molecular complexity index is 607. The minimum Gasteiger partial charge on any atom is -0.135 e. The van der Waals surface area contributed by atoms with Gasteiger partial charge in [0, 0.05) is 20.2 Å². The summed E-state index contributed by atoms with van der Waals surface area (Å²) in [5.74, 6) is 0. The Hall–Kier alpha value is -1.31. The molecule has 0 aliphatic heterocycles. The summed E-state index contributed by atoms with van der Waals surface area (Å²) in [6.45, 7) is 0. The standard InChI is InChI=1S/C14H9ClS/c15-12-7-3-2-6-11(12)14-9-10-5-1-4-8-13(10)16-14/h1-9H. The molecule has 0 radical (unpaired) electrons. The molecule has 0 N–H and O–H groups in total. The van der Waals surface area contributed by atoms with E-state index in [0.29, 0.717) is 0 Å². The van der Waals surface area contributed by atoms with Gasteiger partial charge in [-0.15, -0.1) is 11.3 Å². The zero-order valence-corrected chi connectivity index (χ0v) is 10.1. The Balaban J connectivity index is 2.23. The average Bonchev–Trinajstić information content (AvgIpc) is 2.73. The van der Waals surface area contributed by atoms with Gasteiger partial charge in [0.1, 0.15) is 0 Å². The van der Waals surface area contributed by atoms with E-state index in [4.69, 9.17) is 11.6 Å². The van der Waals surface area contributed by atoms with Gasteiger partial charge in [-0.2, -0.15) is 0 Å². The van der Waals surface area contributed by atoms with Crippen LogP contribution in [0.25, 0.3) is 20.5 Å². The van der Waals surface area contributed by atoms with Crippen LogP contribution in [0.2, 0.25) is 5.02 Å². The van der Waals surface area contributed by atoms with Crippen molar-refractivity contribution < 1.29 is 0 Å². The zero-order valence-electron chi connectivity index (χ0n) is 8.48. The van der Waals surface area contributed by atoms with Crippen LogP contribution in [0.4, 0.5) is 0 Å². The molecule has 0 nitrogen and oxygen atoms in total. The fourth-order valence-electron chi connectivity index (χ4n) is 1.78. The SMILES string of the molecule is Clc1ccccc1-c1cc2ccccc2s1. The maximum atomic E-state index is 6.19. The van der Waals surface area contributed by atoms with Crippen molar-refractivity contribution in [3.8, 4) is 10.4 Å². The first-order chi connectivity index (χ1) is 7.84. The van der Waals surface area contributed by atoms with Crippen molar-refractivity contribution in [1.82, 2.24) is 0 Å². The molecule has 2 aromatic carbocycles. The van der Waals surface area contributed by atoms with Gasteiger partial charge in [0.15, 0.2) is 0 Å². The molecule has 0 saturated carbocycles. The van der Waals surface area contributed by atoms with E-state index in [0.717, 1.165) is 10.6 Å². The van der Waals surface area contributed by atoms with Crippen molar-refractivity contribution in [1.29, 1.82) is 0 Å². The van der Waals surface area contributed by atoms with Gasteiger partial charge >= 0.3 is 0 Å². The van der Waals surface area contributed by atoms with Gasteiger partial charge < -0.3 is 0 Å². The van der Waals surface area contributed by atoms with Crippen LogP contribution in [0.3, 0.4) is 0 Å². The van der Waals surface area contributed by atoms with Gasteiger partial charge in [0.05, 0.1) is 0 Å². The molecular weight excluding hydrogens is 236 g/mol. The molecule has 0 spiro atoms. The number of fused-ring (bicyclic) bond motifs is 1. The van der Waals surface area contributed by atoms with E-state index in [1.54, 1.807) is 11.3 Å². The predicted octanol–water partition coefficient (Wildman–Crippen LogP) is 5.22. The Morgan fingerprint density at radius 3 is 2.44 bits per heavy atom. The molecular formula is C14H9ClS. The van der Waals surface area contributed by atoms with Gasteiger partial charge in [-0.25, -0.2) is 0 Å². The van der Waals surface area contributed by atoms with E-state index in [-0.39, 0.29) is 0 Å². The Morgan fingerprint density at radius 2 is 1.62 bits per heavy atom. The Morgan fingerprint density at radius 1 is 0.875 bits per heavy atom. The topological polar surface area (TPSA) is 0 Å². The number of thiophene rings is 1. The quantitative estimate of drug-likeness (QED) is 0.550. The van der Waals surface area contributed by atoms with Crippen LogP contribution in [0.5, 0.6) is 0 Å². The molecule has 0 atom stereocenters. The van der Waals surface area contributed by atoms with Crippen LogP contribution in [0, 0.1) is 0 Å². The second-order valence-electron chi connectivity index (χ2n) is 3.63. The first kappa shape index (κ1) is 9.88. The van der Waals surface area contributed by atoms with Crippen molar-refractivity contribution >= 4 is 33.0 Å². The largest absolute Gasteiger partial charge is 0.135 e. The first-order valence-electron chi connectivity index (χ1n) is 5.08. The van der Waals surface area contributed by atoms with Crippen molar-refractivity contribution in [2.75, 3.05) is 0 Å². The van der Waals surface area contributed by atoms with Crippen molar-refractivity contribution in [2.24, 2.45) is 0 Å². The smallest absolute Gasteiger partial charge is 0.0492 e. The van der Waals surface area contributed by atoms with Crippen molar-refractivity contribution in [3.05, 3.63) is 59.6 Å². The molecule has 0 fully saturated rings. The van der Waals surface area contributed by atoms with E-state index in [1.807, 2.05) is 18.2 Å². The molecule has 1 aromatic heterocycles. The summed E-state index contributed by atoms with van der Waals surface area (Å²) in [5, 5.41) is 2.09. The first-order valence-corrected chi connectivity index (χ1v) is 6.27. The van der Waals surface area contributed by atoms with Gasteiger partial charge in [-0.1, -0.05) is 48.0 Å². The molecule has 1 heterocycles. The fraction of sp³-hybridized carbons (Fsp3) is 0. The van der Waals surface area contributed by atoms with E-state index < -0.39 is 0 Å². The average molecular weight is 245 g/mol. The summed E-state index contributed by atoms with van der Waals surface area (Å²) in [4.78, 5) is 1.23. The van der Waals surface area contributed by atoms with Gasteiger partial charge in [0.25, 0.3) is 0 Å². The maximum absolute atomic E-state index is 6.19. The van der Waals surface area contributed by atoms with E-state index in [1.165, 1.54) is 15.0 Å². The van der Waals surface area contributed by atoms with Crippen LogP contribution in [0.1, 0.15) is 0 Å². The van der Waals surface area contributed by atoms with Crippen LogP contribution in [-0.4, -0.2) is 0 Å². The summed E-state index contributed by atoms with van der Waals surface area (Å²) < 4.78 is 1.30. The second kappa shape index (κ2) is 3.93. The lowest BCUT2D eigenvalue weighted by Crippen LogP contribution is -1.72. The fourth-order valence-corrected chi connectivity index (χ4v) is 3.17. The van der Waals surface area contributed by atoms with Crippen LogP contribution in [0.15, 0.2) is 54.6 Å². The molecule has 0 saturated heterocycles. The van der Waals surface area contributed by atoms with Crippen molar-refractivity contribution in [2.45, 2.75) is 0 Å². The highest BCUT2D eigenvalue weighted by Gasteiger charge is 2.06. The van der Waals surface area contributed by atoms with Crippen LogP contribution < -0.4 is 0 Å². The molecule has 0 aliphatic rings. The molecule has 0 bridgehead atoms. The predicted molar refractivity (Wildman–Crippen MR) is 72.3 cm³/mol. The lowest BCUT2D eigenvalue weighted by Gasteiger charge is -1.98. The number of hydrogen-bond donors (Lipinski definition) is 0. The molecule has 3 rings (SSSR count). The minimum atomic E-state index is 0.814. The third-order valence-electron chi connectivity index (χ3n) is 2.56. The molecule has 16 heavy (non-hydrogen) atoms. The van der Waals surface area contributed by atoms with Crippen LogP contribution >= 0.6 is 22.9 Å². The van der Waals surface area contributed by atoms with E-state index >= 15 is 0 Å². The monoisotopic (exact) mass is 244 g/mol. The van der Waals surface area contributed by atoms with Gasteiger partial charge in [0.2, 0.25) is 0 Å². The Labute approximate surface area is 103 Å². The summed E-state index contributed by atoms with van der Waals surface area (Å²) in [6, 6.07) is 18.6. The molecule has 0 amide bonds. The summed E-state index contributed by atoms with van der Waals surface area (Å²) in [6.07, 6.45) is 0. The third kappa shape index (κ3) is 1.62. The number of halogens is 1. The molecule has 3 aromatic rings. The summed E-state index contributed by atoms with van der Waals surface area (Å²) in [7, 11) is 0. The lowest BCUT2D eigenvalue weighted by atomic mass is 10.1. The molecule has 78 valence electrons. The highest BCUT2D eigenvalue weighted by Crippen LogP contribution is 2.36. The maximum Gasteiger partial charge on any atom is 0.0492 e. The van der Waals surface area contributed by atoms with E-state index in [9.17, 15) is 0 Å². The highest BCUT2D eigenvalue weighted by molar-refractivity contribution is 7.22. The summed E-state index contributed by atoms with van der Waals surface area (Å²) in [5.41, 5.74) is 1.12. The molecule has 0 aliphatic carbocycles. The highest BCUT2D eigenvalue weighted by atomic mass is 35.5. The van der Waals surface area contributed by atoms with E-state index in [2.05, 4.69) is 36.4 Å². The minimum absolute atomic E-state index is 0.814. The number of hydrogen-bond acceptors (Lipinski definition) is 1. The molecule has 2 heteroatoms. The second-order valence-corrected chi connectivity index (χ2v) is 5.12. The Kier molecular flexibility index (Phi) is 2.43.